The predicted octanol–water partition coefficient (Wildman–Crippen LogP) is 2.78. The lowest BCUT2D eigenvalue weighted by atomic mass is 10.1. The number of carboxylic acids is 1. The molecule has 142 valence electrons. The molecule has 0 saturated carbocycles. The van der Waals surface area contributed by atoms with Gasteiger partial charge >= 0.3 is 5.97 Å². The molecule has 0 aliphatic rings. The minimum atomic E-state index is -1.01. The topological polar surface area (TPSA) is 101 Å². The van der Waals surface area contributed by atoms with E-state index < -0.39 is 5.97 Å². The molecule has 0 saturated heterocycles. The Hall–Kier alpha value is -2.28. The van der Waals surface area contributed by atoms with Crippen molar-refractivity contribution in [2.45, 2.75) is 66.0 Å². The number of carboxylic acid groups (broad SMARTS) is 1. The SMILES string of the molecule is Cc1nnc(CCCc2cc(C(=O)O)cc(CO)n2)n1CCCC(C)C. The van der Waals surface area contributed by atoms with Crippen LogP contribution < -0.4 is 0 Å². The fourth-order valence-corrected chi connectivity index (χ4v) is 2.97. The van der Waals surface area contributed by atoms with Gasteiger partial charge in [0.2, 0.25) is 0 Å². The molecular weight excluding hydrogens is 332 g/mol. The maximum absolute atomic E-state index is 11.2. The molecule has 7 nitrogen and oxygen atoms in total. The molecule has 0 unspecified atom stereocenters. The van der Waals surface area contributed by atoms with Crippen LogP contribution in [0.1, 0.15) is 66.5 Å². The summed E-state index contributed by atoms with van der Waals surface area (Å²) in [7, 11) is 0. The molecule has 26 heavy (non-hydrogen) atoms. The van der Waals surface area contributed by atoms with Crippen LogP contribution in [0, 0.1) is 12.8 Å². The van der Waals surface area contributed by atoms with Crippen LogP contribution in [0.4, 0.5) is 0 Å². The maximum atomic E-state index is 11.2. The third kappa shape index (κ3) is 5.62. The molecule has 2 aromatic rings. The van der Waals surface area contributed by atoms with Gasteiger partial charge in [0.1, 0.15) is 11.6 Å². The second-order valence-corrected chi connectivity index (χ2v) is 7.01. The van der Waals surface area contributed by atoms with Crippen molar-refractivity contribution >= 4 is 5.97 Å². The summed E-state index contributed by atoms with van der Waals surface area (Å²) in [4.78, 5) is 15.5. The number of hydrogen-bond acceptors (Lipinski definition) is 5. The Morgan fingerprint density at radius 2 is 1.88 bits per heavy atom. The molecule has 0 radical (unpaired) electrons. The number of pyridine rings is 1. The fourth-order valence-electron chi connectivity index (χ4n) is 2.97. The van der Waals surface area contributed by atoms with Gasteiger partial charge in [-0.2, -0.15) is 0 Å². The van der Waals surface area contributed by atoms with Gasteiger partial charge in [0.25, 0.3) is 0 Å². The largest absolute Gasteiger partial charge is 0.478 e. The van der Waals surface area contributed by atoms with Crippen molar-refractivity contribution in [3.8, 4) is 0 Å². The average Bonchev–Trinajstić information content (AvgIpc) is 2.94. The Balaban J connectivity index is 1.98. The molecule has 0 atom stereocenters. The maximum Gasteiger partial charge on any atom is 0.335 e. The molecule has 2 heterocycles. The van der Waals surface area contributed by atoms with Gasteiger partial charge in [-0.05, 0) is 50.7 Å². The zero-order valence-electron chi connectivity index (χ0n) is 15.8. The van der Waals surface area contributed by atoms with Gasteiger partial charge in [0, 0.05) is 18.7 Å². The Morgan fingerprint density at radius 3 is 2.54 bits per heavy atom. The number of aromatic carboxylic acids is 1. The fraction of sp³-hybridized carbons (Fsp3) is 0.579. The van der Waals surface area contributed by atoms with Crippen molar-refractivity contribution < 1.29 is 15.0 Å². The number of carbonyl (C=O) groups is 1. The predicted molar refractivity (Wildman–Crippen MR) is 98.0 cm³/mol. The molecule has 2 N–H and O–H groups in total. The van der Waals surface area contributed by atoms with Crippen LogP contribution in [-0.2, 0) is 26.0 Å². The van der Waals surface area contributed by atoms with Gasteiger partial charge in [0.15, 0.2) is 0 Å². The van der Waals surface area contributed by atoms with E-state index in [-0.39, 0.29) is 12.2 Å². The van der Waals surface area contributed by atoms with E-state index in [1.54, 1.807) is 6.07 Å². The van der Waals surface area contributed by atoms with E-state index >= 15 is 0 Å². The van der Waals surface area contributed by atoms with Gasteiger partial charge in [-0.1, -0.05) is 13.8 Å². The van der Waals surface area contributed by atoms with E-state index in [0.29, 0.717) is 23.7 Å². The number of aryl methyl sites for hydroxylation is 3. The van der Waals surface area contributed by atoms with Crippen molar-refractivity contribution in [2.24, 2.45) is 5.92 Å². The first-order chi connectivity index (χ1) is 12.4. The van der Waals surface area contributed by atoms with Crippen LogP contribution in [0.15, 0.2) is 12.1 Å². The Labute approximate surface area is 154 Å². The molecule has 0 amide bonds. The minimum absolute atomic E-state index is 0.159. The van der Waals surface area contributed by atoms with Crippen molar-refractivity contribution in [2.75, 3.05) is 0 Å². The molecule has 7 heteroatoms. The van der Waals surface area contributed by atoms with Crippen molar-refractivity contribution in [1.82, 2.24) is 19.7 Å². The Kier molecular flexibility index (Phi) is 7.26. The van der Waals surface area contributed by atoms with Gasteiger partial charge in [-0.25, -0.2) is 4.79 Å². The summed E-state index contributed by atoms with van der Waals surface area (Å²) in [5.74, 6) is 1.56. The normalized spacial score (nSPS) is 11.3. The monoisotopic (exact) mass is 360 g/mol. The number of nitrogens with zero attached hydrogens (tertiary/aromatic N) is 4. The molecule has 0 aliphatic heterocycles. The minimum Gasteiger partial charge on any atom is -0.478 e. The molecule has 0 fully saturated rings. The number of aromatic nitrogens is 4. The summed E-state index contributed by atoms with van der Waals surface area (Å²) in [6, 6.07) is 2.97. The smallest absolute Gasteiger partial charge is 0.335 e. The highest BCUT2D eigenvalue weighted by molar-refractivity contribution is 5.87. The molecular formula is C19H28N4O3. The summed E-state index contributed by atoms with van der Waals surface area (Å²) in [5, 5.41) is 26.9. The average molecular weight is 360 g/mol. The molecule has 0 bridgehead atoms. The van der Waals surface area contributed by atoms with Gasteiger partial charge in [0.05, 0.1) is 17.9 Å². The zero-order chi connectivity index (χ0) is 19.1. The Bertz CT molecular complexity index is 740. The number of hydrogen-bond donors (Lipinski definition) is 2. The number of rotatable bonds is 10. The molecule has 2 rings (SSSR count). The highest BCUT2D eigenvalue weighted by Gasteiger charge is 2.11. The first kappa shape index (κ1) is 20.0. The third-order valence-corrected chi connectivity index (χ3v) is 4.35. The van der Waals surface area contributed by atoms with Gasteiger partial charge in [-0.3, -0.25) is 4.98 Å². The van der Waals surface area contributed by atoms with E-state index in [9.17, 15) is 9.90 Å². The second kappa shape index (κ2) is 9.43. The number of aliphatic hydroxyl groups excluding tert-OH is 1. The van der Waals surface area contributed by atoms with Crippen LogP contribution in [0.5, 0.6) is 0 Å². The Morgan fingerprint density at radius 1 is 1.15 bits per heavy atom. The van der Waals surface area contributed by atoms with Crippen LogP contribution in [0.2, 0.25) is 0 Å². The highest BCUT2D eigenvalue weighted by atomic mass is 16.4. The van der Waals surface area contributed by atoms with Crippen LogP contribution in [0.3, 0.4) is 0 Å². The van der Waals surface area contributed by atoms with Crippen LogP contribution in [-0.4, -0.2) is 35.9 Å². The van der Waals surface area contributed by atoms with E-state index in [2.05, 4.69) is 33.6 Å². The zero-order valence-corrected chi connectivity index (χ0v) is 15.8. The first-order valence-electron chi connectivity index (χ1n) is 9.13. The molecule has 0 aromatic carbocycles. The summed E-state index contributed by atoms with van der Waals surface area (Å²) in [6.45, 7) is 7.07. The molecule has 0 spiro atoms. The van der Waals surface area contributed by atoms with Gasteiger partial charge < -0.3 is 14.8 Å². The van der Waals surface area contributed by atoms with Crippen molar-refractivity contribution in [3.63, 3.8) is 0 Å². The van der Waals surface area contributed by atoms with Crippen molar-refractivity contribution in [1.29, 1.82) is 0 Å². The summed E-state index contributed by atoms with van der Waals surface area (Å²) in [6.07, 6.45) is 4.46. The second-order valence-electron chi connectivity index (χ2n) is 7.01. The van der Waals surface area contributed by atoms with Crippen LogP contribution >= 0.6 is 0 Å². The molecule has 2 aromatic heterocycles. The summed E-state index contributed by atoms with van der Waals surface area (Å²) < 4.78 is 2.17. The quantitative estimate of drug-likeness (QED) is 0.675. The lowest BCUT2D eigenvalue weighted by Gasteiger charge is -2.10. The number of aliphatic hydroxyl groups is 1. The van der Waals surface area contributed by atoms with E-state index in [0.717, 1.165) is 37.5 Å². The van der Waals surface area contributed by atoms with E-state index in [1.807, 2.05) is 6.92 Å². The summed E-state index contributed by atoms with van der Waals surface area (Å²) in [5.41, 5.74) is 1.22. The first-order valence-corrected chi connectivity index (χ1v) is 9.13. The van der Waals surface area contributed by atoms with Gasteiger partial charge in [-0.15, -0.1) is 10.2 Å². The highest BCUT2D eigenvalue weighted by Crippen LogP contribution is 2.13. The van der Waals surface area contributed by atoms with E-state index in [1.165, 1.54) is 12.5 Å². The summed E-state index contributed by atoms with van der Waals surface area (Å²) >= 11 is 0. The van der Waals surface area contributed by atoms with E-state index in [4.69, 9.17) is 5.11 Å². The van der Waals surface area contributed by atoms with Crippen molar-refractivity contribution in [3.05, 3.63) is 40.7 Å². The van der Waals surface area contributed by atoms with Crippen LogP contribution in [0.25, 0.3) is 0 Å². The lowest BCUT2D eigenvalue weighted by Crippen LogP contribution is -2.08. The standard InChI is InChI=1S/C19H28N4O3/c1-13(2)6-5-9-23-14(3)21-22-18(23)8-4-7-16-10-15(19(25)26)11-17(12-24)20-16/h10-11,13,24H,4-9,12H2,1-3H3,(H,25,26). The third-order valence-electron chi connectivity index (χ3n) is 4.35. The molecule has 0 aliphatic carbocycles. The lowest BCUT2D eigenvalue weighted by molar-refractivity contribution is 0.0696.